The number of aliphatic hydroxyl groups excluding tert-OH is 1. The van der Waals surface area contributed by atoms with E-state index in [-0.39, 0.29) is 23.6 Å². The molecular weight excluding hydrogens is 358 g/mol. The predicted octanol–water partition coefficient (Wildman–Crippen LogP) is 1.76. The molecule has 0 fully saturated rings. The highest BCUT2D eigenvalue weighted by Gasteiger charge is 2.20. The van der Waals surface area contributed by atoms with Crippen molar-refractivity contribution >= 4 is 45.9 Å². The Bertz CT molecular complexity index is 447. The van der Waals surface area contributed by atoms with Crippen molar-refractivity contribution in [1.82, 2.24) is 0 Å². The Morgan fingerprint density at radius 1 is 1.41 bits per heavy atom. The van der Waals surface area contributed by atoms with Crippen LogP contribution in [0.2, 0.25) is 0 Å². The van der Waals surface area contributed by atoms with Gasteiger partial charge in [0, 0.05) is 15.6 Å². The number of hydrogen-bond acceptors (Lipinski definition) is 3. The van der Waals surface area contributed by atoms with E-state index < -0.39 is 12.1 Å². The van der Waals surface area contributed by atoms with Crippen LogP contribution >= 0.6 is 34.2 Å². The average Bonchev–Trinajstić information content (AvgIpc) is 2.30. The minimum atomic E-state index is -1.58. The van der Waals surface area contributed by atoms with Gasteiger partial charge in [-0.1, -0.05) is 18.2 Å². The van der Waals surface area contributed by atoms with Crippen LogP contribution in [0, 0.1) is 3.57 Å². The summed E-state index contributed by atoms with van der Waals surface area (Å²) in [4.78, 5) is 21.9. The van der Waals surface area contributed by atoms with Crippen LogP contribution < -0.4 is 0 Å². The van der Waals surface area contributed by atoms with Crippen molar-refractivity contribution in [2.45, 2.75) is 12.5 Å². The number of carboxylic acids is 1. The molecule has 0 radical (unpaired) electrons. The van der Waals surface area contributed by atoms with E-state index >= 15 is 0 Å². The fourth-order valence-corrected chi connectivity index (χ4v) is 2.28. The average molecular weight is 369 g/mol. The lowest BCUT2D eigenvalue weighted by Gasteiger charge is -2.11. The van der Waals surface area contributed by atoms with Crippen LogP contribution in [0.25, 0.3) is 0 Å². The molecule has 4 nitrogen and oxygen atoms in total. The van der Waals surface area contributed by atoms with Crippen LogP contribution in [0.5, 0.6) is 0 Å². The molecule has 1 unspecified atom stereocenters. The summed E-state index contributed by atoms with van der Waals surface area (Å²) < 4.78 is 0.582. The summed E-state index contributed by atoms with van der Waals surface area (Å²) in [5.74, 6) is -1.54. The minimum absolute atomic E-state index is 0.0816. The molecule has 0 amide bonds. The van der Waals surface area contributed by atoms with E-state index in [4.69, 9.17) is 16.7 Å². The predicted molar refractivity (Wildman–Crippen MR) is 71.2 cm³/mol. The number of carbonyl (C=O) groups is 2. The summed E-state index contributed by atoms with van der Waals surface area (Å²) in [6.45, 7) is 0. The Balaban J connectivity index is 3.07. The summed E-state index contributed by atoms with van der Waals surface area (Å²) in [6.07, 6.45) is -1.44. The lowest BCUT2D eigenvalue weighted by atomic mass is 10.0. The molecule has 1 aromatic rings. The van der Waals surface area contributed by atoms with Crippen LogP contribution in [0.1, 0.15) is 17.2 Å². The fraction of sp³-hybridized carbons (Fsp3) is 0.273. The molecule has 17 heavy (non-hydrogen) atoms. The van der Waals surface area contributed by atoms with Crippen molar-refractivity contribution in [1.29, 1.82) is 0 Å². The van der Waals surface area contributed by atoms with Crippen molar-refractivity contribution < 1.29 is 19.8 Å². The molecule has 0 saturated heterocycles. The molecule has 1 rings (SSSR count). The Morgan fingerprint density at radius 2 is 2.06 bits per heavy atom. The summed E-state index contributed by atoms with van der Waals surface area (Å²) in [7, 11) is 0. The number of alkyl halides is 1. The Hall–Kier alpha value is -0.660. The van der Waals surface area contributed by atoms with Gasteiger partial charge in [-0.2, -0.15) is 0 Å². The van der Waals surface area contributed by atoms with E-state index in [1.54, 1.807) is 12.1 Å². The van der Waals surface area contributed by atoms with Crippen LogP contribution in [0.3, 0.4) is 0 Å². The first kappa shape index (κ1) is 14.4. The Kier molecular flexibility index (Phi) is 5.35. The summed E-state index contributed by atoms with van der Waals surface area (Å²) in [5.41, 5.74) is 0.965. The zero-order chi connectivity index (χ0) is 13.0. The number of Topliss-reactive ketones (excluding diaryl/α,β-unsaturated/α-hetero) is 1. The van der Waals surface area contributed by atoms with Crippen molar-refractivity contribution in [2.24, 2.45) is 0 Å². The zero-order valence-corrected chi connectivity index (χ0v) is 11.6. The highest BCUT2D eigenvalue weighted by molar-refractivity contribution is 14.1. The highest BCUT2D eigenvalue weighted by atomic mass is 127. The van der Waals surface area contributed by atoms with Gasteiger partial charge in [0.15, 0.2) is 11.9 Å². The number of hydrogen-bond donors (Lipinski definition) is 2. The van der Waals surface area contributed by atoms with E-state index in [1.165, 1.54) is 6.07 Å². The maximum atomic E-state index is 11.2. The van der Waals surface area contributed by atoms with Gasteiger partial charge in [-0.3, -0.25) is 4.79 Å². The molecule has 2 N–H and O–H groups in total. The summed E-state index contributed by atoms with van der Waals surface area (Å²) >= 11 is 7.33. The third kappa shape index (κ3) is 3.65. The monoisotopic (exact) mass is 368 g/mol. The van der Waals surface area contributed by atoms with E-state index in [1.807, 2.05) is 22.6 Å². The van der Waals surface area contributed by atoms with Gasteiger partial charge in [0.1, 0.15) is 0 Å². The number of benzene rings is 1. The van der Waals surface area contributed by atoms with Crippen molar-refractivity contribution in [3.8, 4) is 0 Å². The highest BCUT2D eigenvalue weighted by Crippen LogP contribution is 2.24. The lowest BCUT2D eigenvalue weighted by molar-refractivity contribution is -0.147. The normalized spacial score (nSPS) is 12.2. The molecule has 1 aromatic carbocycles. The first-order chi connectivity index (χ1) is 7.97. The van der Waals surface area contributed by atoms with Crippen molar-refractivity contribution in [3.05, 3.63) is 32.9 Å². The molecule has 0 spiro atoms. The molecular formula is C11H10ClIO4. The lowest BCUT2D eigenvalue weighted by Crippen LogP contribution is -2.14. The van der Waals surface area contributed by atoms with Crippen LogP contribution in [0.4, 0.5) is 0 Å². The van der Waals surface area contributed by atoms with Crippen molar-refractivity contribution in [3.63, 3.8) is 0 Å². The second-order valence-electron chi connectivity index (χ2n) is 3.41. The van der Waals surface area contributed by atoms with E-state index in [0.717, 1.165) is 0 Å². The van der Waals surface area contributed by atoms with E-state index in [0.29, 0.717) is 9.13 Å². The third-order valence-electron chi connectivity index (χ3n) is 2.17. The quantitative estimate of drug-likeness (QED) is 0.613. The second kappa shape index (κ2) is 6.32. The van der Waals surface area contributed by atoms with Gasteiger partial charge in [-0.25, -0.2) is 4.79 Å². The zero-order valence-electron chi connectivity index (χ0n) is 8.69. The number of carbonyl (C=O) groups excluding carboxylic acids is 1. The largest absolute Gasteiger partial charge is 0.479 e. The molecule has 0 saturated carbocycles. The second-order valence-corrected chi connectivity index (χ2v) is 4.76. The molecule has 6 heteroatoms. The molecule has 0 aliphatic carbocycles. The molecule has 0 aromatic heterocycles. The van der Waals surface area contributed by atoms with Crippen molar-refractivity contribution in [2.75, 3.05) is 5.88 Å². The first-order valence-electron chi connectivity index (χ1n) is 4.73. The molecule has 0 heterocycles. The third-order valence-corrected chi connectivity index (χ3v) is 3.79. The topological polar surface area (TPSA) is 74.6 Å². The standard InChI is InChI=1S/C11H10ClIO4/c12-5-7(14)4-6-2-1-3-8(9(6)13)10(15)11(16)17/h1-3,10,15H,4-5H2,(H,16,17). The van der Waals surface area contributed by atoms with Gasteiger partial charge in [0.2, 0.25) is 0 Å². The van der Waals surface area contributed by atoms with Gasteiger partial charge < -0.3 is 10.2 Å². The molecule has 0 aliphatic heterocycles. The number of halogens is 2. The minimum Gasteiger partial charge on any atom is -0.479 e. The first-order valence-corrected chi connectivity index (χ1v) is 6.34. The number of rotatable bonds is 5. The Morgan fingerprint density at radius 3 is 2.59 bits per heavy atom. The summed E-state index contributed by atoms with van der Waals surface area (Å²) in [5, 5.41) is 18.2. The number of carboxylic acid groups (broad SMARTS) is 1. The van der Waals surface area contributed by atoms with E-state index in [9.17, 15) is 14.7 Å². The molecule has 1 atom stereocenters. The van der Waals surface area contributed by atoms with Crippen LogP contribution in [0.15, 0.2) is 18.2 Å². The SMILES string of the molecule is O=C(CCl)Cc1cccc(C(O)C(=O)O)c1I. The Labute approximate surface area is 117 Å². The molecule has 92 valence electrons. The van der Waals surface area contributed by atoms with E-state index in [2.05, 4.69) is 0 Å². The number of aliphatic carboxylic acids is 1. The van der Waals surface area contributed by atoms with Gasteiger partial charge in [0.05, 0.1) is 5.88 Å². The number of aliphatic hydroxyl groups is 1. The fourth-order valence-electron chi connectivity index (χ4n) is 1.34. The van der Waals surface area contributed by atoms with Gasteiger partial charge in [-0.05, 0) is 28.2 Å². The molecule has 0 aliphatic rings. The van der Waals surface area contributed by atoms with Crippen LogP contribution in [-0.4, -0.2) is 27.8 Å². The van der Waals surface area contributed by atoms with Gasteiger partial charge in [-0.15, -0.1) is 11.6 Å². The number of ketones is 1. The smallest absolute Gasteiger partial charge is 0.337 e. The maximum absolute atomic E-state index is 11.2. The van der Waals surface area contributed by atoms with Gasteiger partial charge in [0.25, 0.3) is 0 Å². The maximum Gasteiger partial charge on any atom is 0.337 e. The van der Waals surface area contributed by atoms with Gasteiger partial charge >= 0.3 is 5.97 Å². The summed E-state index contributed by atoms with van der Waals surface area (Å²) in [6, 6.07) is 4.85. The molecule has 0 bridgehead atoms. The van der Waals surface area contributed by atoms with Crippen LogP contribution in [-0.2, 0) is 16.0 Å².